The van der Waals surface area contributed by atoms with Gasteiger partial charge in [0, 0.05) is 32.2 Å². The van der Waals surface area contributed by atoms with Crippen LogP contribution in [0.15, 0.2) is 0 Å². The molecule has 1 aliphatic rings. The van der Waals surface area contributed by atoms with Crippen molar-refractivity contribution in [1.29, 1.82) is 0 Å². The Morgan fingerprint density at radius 2 is 1.78 bits per heavy atom. The van der Waals surface area contributed by atoms with Crippen molar-refractivity contribution in [3.8, 4) is 0 Å². The van der Waals surface area contributed by atoms with Gasteiger partial charge in [-0.2, -0.15) is 0 Å². The molecule has 1 atom stereocenters. The van der Waals surface area contributed by atoms with E-state index in [-0.39, 0.29) is 11.9 Å². The smallest absolute Gasteiger partial charge is 0.239 e. The summed E-state index contributed by atoms with van der Waals surface area (Å²) in [5, 5.41) is 0. The lowest BCUT2D eigenvalue weighted by Crippen LogP contribution is -2.54. The molecule has 1 saturated heterocycles. The van der Waals surface area contributed by atoms with Crippen molar-refractivity contribution in [2.24, 2.45) is 11.5 Å². The summed E-state index contributed by atoms with van der Waals surface area (Å²) < 4.78 is 0. The number of hydrogen-bond acceptors (Lipinski definition) is 4. The van der Waals surface area contributed by atoms with Crippen LogP contribution in [0.5, 0.6) is 0 Å². The Morgan fingerprint density at radius 1 is 1.17 bits per heavy atom. The molecule has 1 fully saturated rings. The van der Waals surface area contributed by atoms with Gasteiger partial charge in [-0.1, -0.05) is 6.42 Å². The number of carbonyl (C=O) groups excluding carboxylic acids is 1. The van der Waals surface area contributed by atoms with Crippen molar-refractivity contribution < 1.29 is 4.79 Å². The van der Waals surface area contributed by atoms with Crippen LogP contribution < -0.4 is 11.5 Å². The Hall–Kier alpha value is -0.650. The normalized spacial score (nSPS) is 19.3. The summed E-state index contributed by atoms with van der Waals surface area (Å²) in [5.74, 6) is 0.107. The van der Waals surface area contributed by atoms with E-state index in [1.165, 1.54) is 0 Å². The Balaban J connectivity index is 2.30. The third kappa shape index (κ3) is 4.55. The van der Waals surface area contributed by atoms with Crippen molar-refractivity contribution in [3.63, 3.8) is 0 Å². The molecular formula is C13H28N4O. The maximum atomic E-state index is 12.1. The number of carbonyl (C=O) groups is 1. The SMILES string of the molecule is CC(C)N1CCN(C(=O)C(N)CCCCN)CC1. The molecule has 5 nitrogen and oxygen atoms in total. The van der Waals surface area contributed by atoms with E-state index >= 15 is 0 Å². The van der Waals surface area contributed by atoms with Gasteiger partial charge in [0.15, 0.2) is 0 Å². The van der Waals surface area contributed by atoms with Crippen LogP contribution in [0, 0.1) is 0 Å². The first kappa shape index (κ1) is 15.4. The van der Waals surface area contributed by atoms with E-state index in [1.54, 1.807) is 0 Å². The number of nitrogens with zero attached hydrogens (tertiary/aromatic N) is 2. The highest BCUT2D eigenvalue weighted by Gasteiger charge is 2.25. The zero-order valence-corrected chi connectivity index (χ0v) is 11.8. The molecule has 1 unspecified atom stereocenters. The average molecular weight is 256 g/mol. The van der Waals surface area contributed by atoms with E-state index in [2.05, 4.69) is 18.7 Å². The molecule has 0 aromatic heterocycles. The minimum atomic E-state index is -0.345. The number of unbranched alkanes of at least 4 members (excludes halogenated alkanes) is 1. The molecule has 0 aliphatic carbocycles. The van der Waals surface area contributed by atoms with Crippen molar-refractivity contribution >= 4 is 5.91 Å². The molecule has 5 heteroatoms. The number of hydrogen-bond donors (Lipinski definition) is 2. The van der Waals surface area contributed by atoms with Crippen LogP contribution in [-0.2, 0) is 4.79 Å². The quantitative estimate of drug-likeness (QED) is 0.656. The lowest BCUT2D eigenvalue weighted by Gasteiger charge is -2.37. The van der Waals surface area contributed by atoms with Crippen LogP contribution in [0.25, 0.3) is 0 Å². The first-order valence-electron chi connectivity index (χ1n) is 7.04. The summed E-state index contributed by atoms with van der Waals surface area (Å²) in [6, 6.07) is 0.211. The van der Waals surface area contributed by atoms with Gasteiger partial charge in [-0.05, 0) is 33.2 Å². The molecule has 1 rings (SSSR count). The zero-order chi connectivity index (χ0) is 13.5. The highest BCUT2D eigenvalue weighted by atomic mass is 16.2. The molecule has 0 aromatic carbocycles. The lowest BCUT2D eigenvalue weighted by molar-refractivity contribution is -0.134. The first-order valence-corrected chi connectivity index (χ1v) is 7.04. The highest BCUT2D eigenvalue weighted by Crippen LogP contribution is 2.09. The molecule has 0 radical (unpaired) electrons. The van der Waals surface area contributed by atoms with Gasteiger partial charge in [0.1, 0.15) is 0 Å². The largest absolute Gasteiger partial charge is 0.339 e. The van der Waals surface area contributed by atoms with Gasteiger partial charge in [-0.15, -0.1) is 0 Å². The summed E-state index contributed by atoms with van der Waals surface area (Å²) in [6.07, 6.45) is 2.64. The van der Waals surface area contributed by atoms with Gasteiger partial charge >= 0.3 is 0 Å². The summed E-state index contributed by atoms with van der Waals surface area (Å²) in [5.41, 5.74) is 11.4. The Labute approximate surface area is 110 Å². The van der Waals surface area contributed by atoms with Gasteiger partial charge in [0.25, 0.3) is 0 Å². The van der Waals surface area contributed by atoms with E-state index in [9.17, 15) is 4.79 Å². The standard InChI is InChI=1S/C13H28N4O/c1-11(2)16-7-9-17(10-8-16)13(18)12(15)5-3-4-6-14/h11-12H,3-10,14-15H2,1-2H3. The third-order valence-electron chi connectivity index (χ3n) is 3.64. The third-order valence-corrected chi connectivity index (χ3v) is 3.64. The fourth-order valence-corrected chi connectivity index (χ4v) is 2.33. The van der Waals surface area contributed by atoms with Crippen molar-refractivity contribution in [3.05, 3.63) is 0 Å². The minimum Gasteiger partial charge on any atom is -0.339 e. The van der Waals surface area contributed by atoms with Crippen molar-refractivity contribution in [2.75, 3.05) is 32.7 Å². The van der Waals surface area contributed by atoms with Crippen molar-refractivity contribution in [1.82, 2.24) is 9.80 Å². The molecule has 0 aromatic rings. The zero-order valence-electron chi connectivity index (χ0n) is 11.8. The number of nitrogens with two attached hydrogens (primary N) is 2. The van der Waals surface area contributed by atoms with Gasteiger partial charge in [0.05, 0.1) is 6.04 Å². The van der Waals surface area contributed by atoms with Crippen LogP contribution in [0.2, 0.25) is 0 Å². The maximum absolute atomic E-state index is 12.1. The van der Waals surface area contributed by atoms with E-state index in [0.717, 1.165) is 45.4 Å². The van der Waals surface area contributed by atoms with E-state index < -0.39 is 0 Å². The van der Waals surface area contributed by atoms with E-state index in [4.69, 9.17) is 11.5 Å². The van der Waals surface area contributed by atoms with Gasteiger partial charge < -0.3 is 16.4 Å². The summed E-state index contributed by atoms with van der Waals surface area (Å²) in [4.78, 5) is 16.4. The average Bonchev–Trinajstić information content (AvgIpc) is 2.38. The van der Waals surface area contributed by atoms with Crippen LogP contribution in [0.1, 0.15) is 33.1 Å². The molecule has 1 aliphatic heterocycles. The predicted octanol–water partition coefficient (Wildman–Crippen LogP) is -0.00470. The van der Waals surface area contributed by atoms with Crippen molar-refractivity contribution in [2.45, 2.75) is 45.2 Å². The molecule has 106 valence electrons. The number of rotatable bonds is 6. The minimum absolute atomic E-state index is 0.107. The fourth-order valence-electron chi connectivity index (χ4n) is 2.33. The number of piperazine rings is 1. The summed E-state index contributed by atoms with van der Waals surface area (Å²) in [6.45, 7) is 8.58. The lowest BCUT2D eigenvalue weighted by atomic mass is 10.1. The fraction of sp³-hybridized carbons (Fsp3) is 0.923. The topological polar surface area (TPSA) is 75.6 Å². The molecule has 0 saturated carbocycles. The van der Waals surface area contributed by atoms with E-state index in [1.807, 2.05) is 4.90 Å². The maximum Gasteiger partial charge on any atom is 0.239 e. The molecule has 4 N–H and O–H groups in total. The predicted molar refractivity (Wildman–Crippen MR) is 74.2 cm³/mol. The Bertz CT molecular complexity index is 249. The van der Waals surface area contributed by atoms with Gasteiger partial charge in [-0.25, -0.2) is 0 Å². The second-order valence-electron chi connectivity index (χ2n) is 5.35. The Morgan fingerprint density at radius 3 is 2.28 bits per heavy atom. The molecular weight excluding hydrogens is 228 g/mol. The highest BCUT2D eigenvalue weighted by molar-refractivity contribution is 5.81. The van der Waals surface area contributed by atoms with Gasteiger partial charge in [-0.3, -0.25) is 9.69 Å². The van der Waals surface area contributed by atoms with Gasteiger partial charge in [0.2, 0.25) is 5.91 Å². The van der Waals surface area contributed by atoms with Crippen LogP contribution >= 0.6 is 0 Å². The molecule has 18 heavy (non-hydrogen) atoms. The molecule has 0 bridgehead atoms. The Kier molecular flexibility index (Phi) is 6.60. The summed E-state index contributed by atoms with van der Waals surface area (Å²) in [7, 11) is 0. The molecule has 1 heterocycles. The second kappa shape index (κ2) is 7.71. The van der Waals surface area contributed by atoms with Crippen LogP contribution in [0.4, 0.5) is 0 Å². The molecule has 1 amide bonds. The second-order valence-corrected chi connectivity index (χ2v) is 5.35. The number of amides is 1. The van der Waals surface area contributed by atoms with Crippen LogP contribution in [0.3, 0.4) is 0 Å². The first-order chi connectivity index (χ1) is 8.56. The van der Waals surface area contributed by atoms with Crippen LogP contribution in [-0.4, -0.2) is 60.5 Å². The summed E-state index contributed by atoms with van der Waals surface area (Å²) >= 11 is 0. The van der Waals surface area contributed by atoms with E-state index in [0.29, 0.717) is 12.6 Å². The monoisotopic (exact) mass is 256 g/mol. The molecule has 0 spiro atoms.